The summed E-state index contributed by atoms with van der Waals surface area (Å²) in [6.07, 6.45) is 0.125. The molecule has 2 aromatic carbocycles. The van der Waals surface area contributed by atoms with Crippen LogP contribution in [0.15, 0.2) is 48.5 Å². The molecule has 2 aliphatic rings. The van der Waals surface area contributed by atoms with Crippen molar-refractivity contribution in [2.75, 3.05) is 67.6 Å². The highest BCUT2D eigenvalue weighted by Crippen LogP contribution is 2.23. The number of carbonyl (C=O) groups is 1. The van der Waals surface area contributed by atoms with Crippen molar-refractivity contribution in [2.24, 2.45) is 0 Å². The molecule has 0 aliphatic carbocycles. The fraction of sp³-hybridized carbons (Fsp3) is 0.480. The zero-order chi connectivity index (χ0) is 22.3. The van der Waals surface area contributed by atoms with E-state index >= 15 is 0 Å². The summed E-state index contributed by atoms with van der Waals surface area (Å²) in [4.78, 5) is 19.6. The van der Waals surface area contributed by atoms with Crippen LogP contribution < -0.4 is 15.1 Å². The third kappa shape index (κ3) is 6.53. The van der Waals surface area contributed by atoms with E-state index in [-0.39, 0.29) is 18.6 Å². The molecule has 2 saturated heterocycles. The predicted octanol–water partition coefficient (Wildman–Crippen LogP) is 4.36. The van der Waals surface area contributed by atoms with E-state index in [9.17, 15) is 4.79 Å². The lowest BCUT2D eigenvalue weighted by atomic mass is 10.1. The van der Waals surface area contributed by atoms with Gasteiger partial charge in [-0.2, -0.15) is 0 Å². The molecular formula is C25H35ClN4O3. The SMILES string of the molecule is CCC(OC(=O)Nc1cccc(N2CCOCC2)c1)N1CCN(c2ccccc2C)CC1.Cl. The van der Waals surface area contributed by atoms with Crippen molar-refractivity contribution in [3.05, 3.63) is 54.1 Å². The van der Waals surface area contributed by atoms with Gasteiger partial charge in [-0.15, -0.1) is 12.4 Å². The molecule has 1 atom stereocenters. The van der Waals surface area contributed by atoms with Gasteiger partial charge < -0.3 is 19.3 Å². The fourth-order valence-corrected chi connectivity index (χ4v) is 4.46. The normalized spacial score (nSPS) is 17.8. The zero-order valence-corrected chi connectivity index (χ0v) is 20.4. The molecule has 1 unspecified atom stereocenters. The third-order valence-electron chi connectivity index (χ3n) is 6.24. The van der Waals surface area contributed by atoms with E-state index in [0.717, 1.165) is 70.3 Å². The van der Waals surface area contributed by atoms with Gasteiger partial charge >= 0.3 is 6.09 Å². The van der Waals surface area contributed by atoms with Gasteiger partial charge in [0.15, 0.2) is 6.23 Å². The second-order valence-electron chi connectivity index (χ2n) is 8.35. The Hall–Kier alpha value is -2.48. The molecule has 0 spiro atoms. The Morgan fingerprint density at radius 2 is 1.73 bits per heavy atom. The molecule has 0 radical (unpaired) electrons. The highest BCUT2D eigenvalue weighted by atomic mass is 35.5. The van der Waals surface area contributed by atoms with E-state index in [1.54, 1.807) is 0 Å². The average molecular weight is 475 g/mol. The molecule has 1 amide bonds. The van der Waals surface area contributed by atoms with Crippen LogP contribution in [0.25, 0.3) is 0 Å². The number of para-hydroxylation sites is 1. The van der Waals surface area contributed by atoms with Crippen molar-refractivity contribution in [1.29, 1.82) is 0 Å². The van der Waals surface area contributed by atoms with Crippen molar-refractivity contribution in [2.45, 2.75) is 26.5 Å². The van der Waals surface area contributed by atoms with E-state index in [1.807, 2.05) is 18.2 Å². The third-order valence-corrected chi connectivity index (χ3v) is 6.24. The first-order valence-electron chi connectivity index (χ1n) is 11.6. The number of nitrogens with zero attached hydrogens (tertiary/aromatic N) is 3. The van der Waals surface area contributed by atoms with Gasteiger partial charge in [-0.1, -0.05) is 31.2 Å². The summed E-state index contributed by atoms with van der Waals surface area (Å²) in [5, 5.41) is 2.91. The number of anilines is 3. The van der Waals surface area contributed by atoms with E-state index < -0.39 is 6.09 Å². The van der Waals surface area contributed by atoms with E-state index in [1.165, 1.54) is 11.3 Å². The van der Waals surface area contributed by atoms with Crippen LogP contribution in [0.3, 0.4) is 0 Å². The summed E-state index contributed by atoms with van der Waals surface area (Å²) < 4.78 is 11.2. The maximum Gasteiger partial charge on any atom is 0.413 e. The van der Waals surface area contributed by atoms with Crippen molar-refractivity contribution >= 4 is 35.6 Å². The minimum atomic E-state index is -0.405. The Kier molecular flexibility index (Phi) is 9.23. The monoisotopic (exact) mass is 474 g/mol. The van der Waals surface area contributed by atoms with Crippen molar-refractivity contribution in [3.8, 4) is 0 Å². The van der Waals surface area contributed by atoms with Gasteiger partial charge in [0.1, 0.15) is 0 Å². The number of amides is 1. The van der Waals surface area contributed by atoms with Gasteiger partial charge in [0.25, 0.3) is 0 Å². The number of piperazine rings is 1. The number of carbonyl (C=O) groups excluding carboxylic acids is 1. The number of hydrogen-bond donors (Lipinski definition) is 1. The van der Waals surface area contributed by atoms with E-state index in [2.05, 4.69) is 64.2 Å². The van der Waals surface area contributed by atoms with Crippen LogP contribution in [0.4, 0.5) is 21.9 Å². The lowest BCUT2D eigenvalue weighted by Crippen LogP contribution is -2.51. The summed E-state index contributed by atoms with van der Waals surface area (Å²) in [7, 11) is 0. The maximum absolute atomic E-state index is 12.6. The standard InChI is InChI=1S/C25H34N4O3.ClH/c1-3-24(29-13-11-28(12-14-29)23-10-5-4-7-20(23)2)32-25(30)26-21-8-6-9-22(19-21)27-15-17-31-18-16-27;/h4-10,19,24H,3,11-18H2,1-2H3,(H,26,30);1H. The second-order valence-corrected chi connectivity index (χ2v) is 8.35. The van der Waals surface area contributed by atoms with Crippen LogP contribution in [0, 0.1) is 6.92 Å². The molecular weight excluding hydrogens is 440 g/mol. The van der Waals surface area contributed by atoms with Gasteiger partial charge in [-0.3, -0.25) is 10.2 Å². The van der Waals surface area contributed by atoms with Gasteiger partial charge in [0.05, 0.1) is 13.2 Å². The lowest BCUT2D eigenvalue weighted by molar-refractivity contribution is -0.0125. The Labute approximate surface area is 203 Å². The molecule has 0 bridgehead atoms. The van der Waals surface area contributed by atoms with E-state index in [4.69, 9.17) is 9.47 Å². The Balaban J connectivity index is 0.00000306. The second kappa shape index (κ2) is 12.1. The molecule has 2 heterocycles. The highest BCUT2D eigenvalue weighted by molar-refractivity contribution is 5.86. The summed E-state index contributed by atoms with van der Waals surface area (Å²) in [6.45, 7) is 11.0. The molecule has 2 fully saturated rings. The summed E-state index contributed by atoms with van der Waals surface area (Å²) >= 11 is 0. The van der Waals surface area contributed by atoms with Gasteiger partial charge in [0.2, 0.25) is 0 Å². The molecule has 1 N–H and O–H groups in total. The van der Waals surface area contributed by atoms with Gasteiger partial charge in [-0.05, 0) is 43.2 Å². The Bertz CT molecular complexity index is 899. The highest BCUT2D eigenvalue weighted by Gasteiger charge is 2.26. The van der Waals surface area contributed by atoms with Crippen LogP contribution in [-0.4, -0.2) is 69.7 Å². The number of nitrogens with one attached hydrogen (secondary N) is 1. The molecule has 180 valence electrons. The first-order valence-corrected chi connectivity index (χ1v) is 11.6. The zero-order valence-electron chi connectivity index (χ0n) is 19.5. The quantitative estimate of drug-likeness (QED) is 0.671. The summed E-state index contributed by atoms with van der Waals surface area (Å²) in [6, 6.07) is 16.4. The first kappa shape index (κ1) is 25.1. The molecule has 7 nitrogen and oxygen atoms in total. The van der Waals surface area contributed by atoms with Crippen molar-refractivity contribution < 1.29 is 14.3 Å². The summed E-state index contributed by atoms with van der Waals surface area (Å²) in [5.74, 6) is 0. The van der Waals surface area contributed by atoms with Gasteiger partial charge in [0, 0.05) is 56.3 Å². The van der Waals surface area contributed by atoms with Crippen LogP contribution in [0.2, 0.25) is 0 Å². The average Bonchev–Trinajstić information content (AvgIpc) is 2.84. The number of halogens is 1. The topological polar surface area (TPSA) is 57.3 Å². The van der Waals surface area contributed by atoms with Crippen molar-refractivity contribution in [3.63, 3.8) is 0 Å². The van der Waals surface area contributed by atoms with Crippen LogP contribution in [0.5, 0.6) is 0 Å². The number of aryl methyl sites for hydroxylation is 1. The largest absolute Gasteiger partial charge is 0.430 e. The molecule has 4 rings (SSSR count). The number of hydrogen-bond acceptors (Lipinski definition) is 6. The predicted molar refractivity (Wildman–Crippen MR) is 136 cm³/mol. The minimum absolute atomic E-state index is 0. The molecule has 8 heteroatoms. The minimum Gasteiger partial charge on any atom is -0.430 e. The smallest absolute Gasteiger partial charge is 0.413 e. The number of benzene rings is 2. The fourth-order valence-electron chi connectivity index (χ4n) is 4.46. The number of morpholine rings is 1. The number of rotatable bonds is 6. The van der Waals surface area contributed by atoms with Crippen LogP contribution >= 0.6 is 12.4 Å². The lowest BCUT2D eigenvalue weighted by Gasteiger charge is -2.39. The number of ether oxygens (including phenoxy) is 2. The Morgan fingerprint density at radius 3 is 2.42 bits per heavy atom. The van der Waals surface area contributed by atoms with Gasteiger partial charge in [-0.25, -0.2) is 4.79 Å². The van der Waals surface area contributed by atoms with Crippen LogP contribution in [0.1, 0.15) is 18.9 Å². The van der Waals surface area contributed by atoms with E-state index in [0.29, 0.717) is 0 Å². The Morgan fingerprint density at radius 1 is 1.00 bits per heavy atom. The molecule has 0 saturated carbocycles. The molecule has 33 heavy (non-hydrogen) atoms. The molecule has 0 aromatic heterocycles. The summed E-state index contributed by atoms with van der Waals surface area (Å²) in [5.41, 5.74) is 4.42. The van der Waals surface area contributed by atoms with Crippen LogP contribution in [-0.2, 0) is 9.47 Å². The molecule has 2 aromatic rings. The molecule has 2 aliphatic heterocycles. The first-order chi connectivity index (χ1) is 15.6. The maximum atomic E-state index is 12.6. The van der Waals surface area contributed by atoms with Crippen molar-refractivity contribution in [1.82, 2.24) is 4.90 Å².